The fourth-order valence-electron chi connectivity index (χ4n) is 4.59. The van der Waals surface area contributed by atoms with Gasteiger partial charge in [-0.3, -0.25) is 9.78 Å². The second kappa shape index (κ2) is 8.29. The number of carbonyl (C=O) groups excluding carboxylic acids is 2. The Balaban J connectivity index is 1.50. The monoisotopic (exact) mass is 380 g/mol. The van der Waals surface area contributed by atoms with Crippen molar-refractivity contribution in [3.63, 3.8) is 0 Å². The van der Waals surface area contributed by atoms with Gasteiger partial charge in [0.2, 0.25) is 0 Å². The second-order valence-electron chi connectivity index (χ2n) is 8.15. The van der Waals surface area contributed by atoms with E-state index in [1.54, 1.807) is 0 Å². The Bertz CT molecular complexity index is 893. The van der Waals surface area contributed by atoms with Crippen molar-refractivity contribution in [1.29, 1.82) is 0 Å². The van der Waals surface area contributed by atoms with Gasteiger partial charge < -0.3 is 10.1 Å². The zero-order valence-corrected chi connectivity index (χ0v) is 16.5. The lowest BCUT2D eigenvalue weighted by atomic mass is 9.86. The Morgan fingerprint density at radius 1 is 1.11 bits per heavy atom. The van der Waals surface area contributed by atoms with Crippen LogP contribution in [0.2, 0.25) is 0 Å². The second-order valence-corrected chi connectivity index (χ2v) is 8.15. The van der Waals surface area contributed by atoms with Crippen molar-refractivity contribution in [1.82, 2.24) is 10.3 Å². The third-order valence-corrected chi connectivity index (χ3v) is 6.17. The highest BCUT2D eigenvalue weighted by molar-refractivity contribution is 6.05. The maximum atomic E-state index is 13.0. The minimum Gasteiger partial charge on any atom is -0.452 e. The summed E-state index contributed by atoms with van der Waals surface area (Å²) in [5.74, 6) is -0.146. The van der Waals surface area contributed by atoms with Crippen molar-refractivity contribution >= 4 is 22.8 Å². The van der Waals surface area contributed by atoms with Gasteiger partial charge in [-0.2, -0.15) is 0 Å². The predicted molar refractivity (Wildman–Crippen MR) is 108 cm³/mol. The van der Waals surface area contributed by atoms with E-state index in [0.717, 1.165) is 67.1 Å². The Morgan fingerprint density at radius 3 is 2.75 bits per heavy atom. The molecule has 0 radical (unpaired) electrons. The van der Waals surface area contributed by atoms with Gasteiger partial charge in [0.25, 0.3) is 5.91 Å². The van der Waals surface area contributed by atoms with E-state index in [9.17, 15) is 9.59 Å². The number of pyridine rings is 1. The van der Waals surface area contributed by atoms with E-state index >= 15 is 0 Å². The number of nitrogens with zero attached hydrogens (tertiary/aromatic N) is 1. The van der Waals surface area contributed by atoms with Gasteiger partial charge in [0, 0.05) is 17.1 Å². The van der Waals surface area contributed by atoms with Crippen LogP contribution in [0.25, 0.3) is 10.9 Å². The molecule has 1 N–H and O–H groups in total. The number of ether oxygens (including phenoxy) is 1. The number of rotatable bonds is 4. The first-order valence-corrected chi connectivity index (χ1v) is 10.5. The van der Waals surface area contributed by atoms with E-state index < -0.39 is 5.97 Å². The normalized spacial score (nSPS) is 21.8. The Morgan fingerprint density at radius 2 is 1.89 bits per heavy atom. The molecule has 0 spiro atoms. The van der Waals surface area contributed by atoms with Crippen molar-refractivity contribution in [3.8, 4) is 0 Å². The summed E-state index contributed by atoms with van der Waals surface area (Å²) in [5.41, 5.74) is 3.41. The van der Waals surface area contributed by atoms with Crippen LogP contribution < -0.4 is 5.32 Å². The molecule has 1 amide bonds. The summed E-state index contributed by atoms with van der Waals surface area (Å²) < 4.78 is 5.46. The van der Waals surface area contributed by atoms with Crippen LogP contribution in [-0.2, 0) is 22.4 Å². The first kappa shape index (κ1) is 18.9. The van der Waals surface area contributed by atoms with Crippen LogP contribution in [0.15, 0.2) is 24.3 Å². The first-order valence-electron chi connectivity index (χ1n) is 10.5. The molecular formula is C23H28N2O3. The summed E-state index contributed by atoms with van der Waals surface area (Å²) in [6.45, 7) is 1.94. The minimum absolute atomic E-state index is 0.189. The summed E-state index contributed by atoms with van der Waals surface area (Å²) in [4.78, 5) is 30.1. The molecule has 2 aromatic rings. The molecule has 148 valence electrons. The summed E-state index contributed by atoms with van der Waals surface area (Å²) in [6, 6.07) is 7.87. The summed E-state index contributed by atoms with van der Waals surface area (Å²) in [5, 5.41) is 3.86. The third-order valence-electron chi connectivity index (χ3n) is 6.17. The van der Waals surface area contributed by atoms with E-state index in [0.29, 0.717) is 11.5 Å². The van der Waals surface area contributed by atoms with E-state index in [1.807, 2.05) is 24.3 Å². The van der Waals surface area contributed by atoms with Crippen molar-refractivity contribution < 1.29 is 14.3 Å². The van der Waals surface area contributed by atoms with E-state index in [1.165, 1.54) is 6.42 Å². The zero-order valence-electron chi connectivity index (χ0n) is 16.5. The van der Waals surface area contributed by atoms with Crippen molar-refractivity contribution in [2.24, 2.45) is 5.92 Å². The summed E-state index contributed by atoms with van der Waals surface area (Å²) in [7, 11) is 0. The number of hydrogen-bond acceptors (Lipinski definition) is 4. The summed E-state index contributed by atoms with van der Waals surface area (Å²) >= 11 is 0. The topological polar surface area (TPSA) is 68.3 Å². The van der Waals surface area contributed by atoms with Gasteiger partial charge in [-0.15, -0.1) is 0 Å². The average Bonchev–Trinajstić information content (AvgIpc) is 2.72. The number of hydrogen-bond donors (Lipinski definition) is 1. The van der Waals surface area contributed by atoms with Crippen LogP contribution in [0.4, 0.5) is 0 Å². The van der Waals surface area contributed by atoms with E-state index in [-0.39, 0.29) is 18.6 Å². The molecule has 0 saturated heterocycles. The van der Waals surface area contributed by atoms with Crippen LogP contribution >= 0.6 is 0 Å². The SMILES string of the molecule is C[C@H]1CCCC[C@H]1NC(=O)COC(=O)c1c2c(nc3ccccc13)CCCC2. The van der Waals surface area contributed by atoms with Gasteiger partial charge in [0.15, 0.2) is 6.61 Å². The fourth-order valence-corrected chi connectivity index (χ4v) is 4.59. The molecule has 28 heavy (non-hydrogen) atoms. The number of amides is 1. The number of benzene rings is 1. The molecule has 1 fully saturated rings. The van der Waals surface area contributed by atoms with Crippen LogP contribution in [0, 0.1) is 5.92 Å². The molecular weight excluding hydrogens is 352 g/mol. The molecule has 2 atom stereocenters. The van der Waals surface area contributed by atoms with Gasteiger partial charge in [-0.1, -0.05) is 38.0 Å². The molecule has 0 unspecified atom stereocenters. The molecule has 2 aliphatic rings. The molecule has 1 aromatic carbocycles. The molecule has 5 nitrogen and oxygen atoms in total. The lowest BCUT2D eigenvalue weighted by molar-refractivity contribution is -0.125. The maximum absolute atomic E-state index is 13.0. The number of nitrogens with one attached hydrogen (secondary N) is 1. The number of aromatic nitrogens is 1. The third kappa shape index (κ3) is 3.89. The molecule has 0 aliphatic heterocycles. The molecule has 1 heterocycles. The molecule has 4 rings (SSSR count). The number of aryl methyl sites for hydroxylation is 1. The van der Waals surface area contributed by atoms with Crippen molar-refractivity contribution in [3.05, 3.63) is 41.1 Å². The number of para-hydroxylation sites is 1. The molecule has 0 bridgehead atoms. The largest absolute Gasteiger partial charge is 0.452 e. The standard InChI is InChI=1S/C23H28N2O3/c1-15-8-2-5-11-18(15)25-21(26)14-28-23(27)22-16-9-3-6-12-19(16)24-20-13-7-4-10-17(20)22/h3,6,9,12,15,18H,2,4-5,7-8,10-11,13-14H2,1H3,(H,25,26)/t15-,18+/m0/s1. The average molecular weight is 380 g/mol. The van der Waals surface area contributed by atoms with Gasteiger partial charge in [-0.25, -0.2) is 4.79 Å². The lowest BCUT2D eigenvalue weighted by Gasteiger charge is -2.29. The fraction of sp³-hybridized carbons (Fsp3) is 0.522. The van der Waals surface area contributed by atoms with Crippen molar-refractivity contribution in [2.75, 3.05) is 6.61 Å². The van der Waals surface area contributed by atoms with Gasteiger partial charge >= 0.3 is 5.97 Å². The molecule has 1 saturated carbocycles. The van der Waals surface area contributed by atoms with E-state index in [2.05, 4.69) is 12.2 Å². The Kier molecular flexibility index (Phi) is 5.60. The van der Waals surface area contributed by atoms with Gasteiger partial charge in [0.05, 0.1) is 11.1 Å². The maximum Gasteiger partial charge on any atom is 0.339 e. The predicted octanol–water partition coefficient (Wildman–Crippen LogP) is 3.97. The van der Waals surface area contributed by atoms with Gasteiger partial charge in [0.1, 0.15) is 0 Å². The van der Waals surface area contributed by atoms with E-state index in [4.69, 9.17) is 9.72 Å². The van der Waals surface area contributed by atoms with Crippen LogP contribution in [-0.4, -0.2) is 29.5 Å². The zero-order chi connectivity index (χ0) is 19.5. The molecule has 2 aliphatic carbocycles. The minimum atomic E-state index is -0.413. The highest BCUT2D eigenvalue weighted by atomic mass is 16.5. The summed E-state index contributed by atoms with van der Waals surface area (Å²) in [6.07, 6.45) is 8.38. The van der Waals surface area contributed by atoms with Crippen molar-refractivity contribution in [2.45, 2.75) is 64.3 Å². The molecule has 1 aromatic heterocycles. The first-order chi connectivity index (χ1) is 13.6. The number of carbonyl (C=O) groups is 2. The van der Waals surface area contributed by atoms with Crippen LogP contribution in [0.1, 0.15) is 67.1 Å². The smallest absolute Gasteiger partial charge is 0.339 e. The Labute approximate surface area is 165 Å². The highest BCUT2D eigenvalue weighted by Crippen LogP contribution is 2.30. The quantitative estimate of drug-likeness (QED) is 0.815. The number of esters is 1. The number of fused-ring (bicyclic) bond motifs is 2. The van der Waals surface area contributed by atoms with Crippen LogP contribution in [0.5, 0.6) is 0 Å². The molecule has 5 heteroatoms. The Hall–Kier alpha value is -2.43. The van der Waals surface area contributed by atoms with Crippen LogP contribution in [0.3, 0.4) is 0 Å². The highest BCUT2D eigenvalue weighted by Gasteiger charge is 2.26. The van der Waals surface area contributed by atoms with Gasteiger partial charge in [-0.05, 0) is 56.1 Å². The lowest BCUT2D eigenvalue weighted by Crippen LogP contribution is -2.42.